The Labute approximate surface area is 172 Å². The monoisotopic (exact) mass is 449 g/mol. The van der Waals surface area contributed by atoms with Crippen LogP contribution in [-0.2, 0) is 19.7 Å². The summed E-state index contributed by atoms with van der Waals surface area (Å²) >= 11 is 9.65. The van der Waals surface area contributed by atoms with E-state index in [1.165, 1.54) is 0 Å². The Balaban J connectivity index is 1.69. The molecule has 1 N–H and O–H groups in total. The van der Waals surface area contributed by atoms with E-state index in [9.17, 15) is 0 Å². The normalized spacial score (nSPS) is 10.8. The summed E-state index contributed by atoms with van der Waals surface area (Å²) in [5.74, 6) is 2.30. The third-order valence-corrected chi connectivity index (χ3v) is 4.67. The minimum Gasteiger partial charge on any atom is -0.490 e. The highest BCUT2D eigenvalue weighted by Gasteiger charge is 2.13. The van der Waals surface area contributed by atoms with E-state index in [0.717, 1.165) is 21.4 Å². The van der Waals surface area contributed by atoms with Crippen LogP contribution in [0.4, 0.5) is 0 Å². The van der Waals surface area contributed by atoms with Crippen molar-refractivity contribution in [2.45, 2.75) is 26.6 Å². The van der Waals surface area contributed by atoms with Gasteiger partial charge in [-0.2, -0.15) is 0 Å². The van der Waals surface area contributed by atoms with Crippen molar-refractivity contribution in [2.75, 3.05) is 6.61 Å². The van der Waals surface area contributed by atoms with Crippen molar-refractivity contribution in [1.82, 2.24) is 5.32 Å². The van der Waals surface area contributed by atoms with E-state index in [2.05, 4.69) is 21.2 Å². The van der Waals surface area contributed by atoms with Gasteiger partial charge in [0.05, 0.1) is 23.9 Å². The maximum atomic E-state index is 6.04. The number of halogens is 2. The molecule has 0 fully saturated rings. The number of rotatable bonds is 9. The van der Waals surface area contributed by atoms with Crippen molar-refractivity contribution in [3.05, 3.63) is 81.2 Å². The number of benzene rings is 2. The molecule has 3 aromatic rings. The fraction of sp³-hybridized carbons (Fsp3) is 0.238. The summed E-state index contributed by atoms with van der Waals surface area (Å²) in [5, 5.41) is 4.05. The zero-order valence-corrected chi connectivity index (χ0v) is 17.3. The van der Waals surface area contributed by atoms with Gasteiger partial charge in [-0.25, -0.2) is 0 Å². The SMILES string of the molecule is CCOc1cc(CNCc2ccco2)cc(Br)c1OCc1cccc(Cl)c1. The first-order chi connectivity index (χ1) is 13.2. The van der Waals surface area contributed by atoms with Gasteiger partial charge in [-0.15, -0.1) is 0 Å². The summed E-state index contributed by atoms with van der Waals surface area (Å²) < 4.78 is 18.0. The van der Waals surface area contributed by atoms with Crippen LogP contribution in [0.15, 0.2) is 63.7 Å². The lowest BCUT2D eigenvalue weighted by molar-refractivity contribution is 0.267. The second kappa shape index (κ2) is 9.83. The number of nitrogens with one attached hydrogen (secondary N) is 1. The molecule has 0 bridgehead atoms. The van der Waals surface area contributed by atoms with Crippen molar-refractivity contribution < 1.29 is 13.9 Å². The highest BCUT2D eigenvalue weighted by molar-refractivity contribution is 9.10. The minimum atomic E-state index is 0.412. The highest BCUT2D eigenvalue weighted by atomic mass is 79.9. The lowest BCUT2D eigenvalue weighted by Crippen LogP contribution is -2.12. The van der Waals surface area contributed by atoms with Crippen LogP contribution < -0.4 is 14.8 Å². The molecule has 2 aromatic carbocycles. The molecule has 0 amide bonds. The van der Waals surface area contributed by atoms with Crippen molar-refractivity contribution in [2.24, 2.45) is 0 Å². The Kier molecular flexibility index (Phi) is 7.21. The zero-order chi connectivity index (χ0) is 19.1. The molecule has 1 aromatic heterocycles. The van der Waals surface area contributed by atoms with Crippen LogP contribution >= 0.6 is 27.5 Å². The van der Waals surface area contributed by atoms with Gasteiger partial charge in [0.1, 0.15) is 12.4 Å². The molecule has 0 spiro atoms. The molecule has 0 aliphatic heterocycles. The van der Waals surface area contributed by atoms with Crippen molar-refractivity contribution >= 4 is 27.5 Å². The van der Waals surface area contributed by atoms with E-state index < -0.39 is 0 Å². The largest absolute Gasteiger partial charge is 0.490 e. The van der Waals surface area contributed by atoms with Gasteiger partial charge in [-0.3, -0.25) is 0 Å². The predicted octanol–water partition coefficient (Wildman–Crippen LogP) is 5.96. The standard InChI is InChI=1S/C21H21BrClNO3/c1-2-25-20-11-16(12-24-13-18-7-4-8-26-18)10-19(22)21(20)27-14-15-5-3-6-17(23)9-15/h3-11,24H,2,12-14H2,1H3. The molecule has 0 unspecified atom stereocenters. The van der Waals surface area contributed by atoms with E-state index in [4.69, 9.17) is 25.5 Å². The highest BCUT2D eigenvalue weighted by Crippen LogP contribution is 2.37. The van der Waals surface area contributed by atoms with Crippen molar-refractivity contribution in [3.8, 4) is 11.5 Å². The van der Waals surface area contributed by atoms with Crippen LogP contribution in [0, 0.1) is 0 Å². The fourth-order valence-corrected chi connectivity index (χ4v) is 3.47. The van der Waals surface area contributed by atoms with Crippen LogP contribution in [-0.4, -0.2) is 6.61 Å². The summed E-state index contributed by atoms with van der Waals surface area (Å²) in [6.45, 7) is 4.28. The average Bonchev–Trinajstić information content (AvgIpc) is 3.15. The maximum absolute atomic E-state index is 6.04. The molecule has 0 atom stereocenters. The average molecular weight is 451 g/mol. The number of ether oxygens (including phenoxy) is 2. The molecular weight excluding hydrogens is 430 g/mol. The summed E-state index contributed by atoms with van der Waals surface area (Å²) in [4.78, 5) is 0. The molecule has 142 valence electrons. The first kappa shape index (κ1) is 19.8. The minimum absolute atomic E-state index is 0.412. The summed E-state index contributed by atoms with van der Waals surface area (Å²) in [5.41, 5.74) is 2.09. The number of hydrogen-bond acceptors (Lipinski definition) is 4. The Hall–Kier alpha value is -1.95. The van der Waals surface area contributed by atoms with Gasteiger partial charge in [-0.05, 0) is 70.4 Å². The lowest BCUT2D eigenvalue weighted by atomic mass is 10.2. The second-order valence-corrected chi connectivity index (χ2v) is 7.23. The van der Waals surface area contributed by atoms with E-state index in [1.54, 1.807) is 6.26 Å². The van der Waals surface area contributed by atoms with Gasteiger partial charge in [0.25, 0.3) is 0 Å². The van der Waals surface area contributed by atoms with Gasteiger partial charge < -0.3 is 19.2 Å². The molecule has 4 nitrogen and oxygen atoms in total. The van der Waals surface area contributed by atoms with Gasteiger partial charge in [0.15, 0.2) is 11.5 Å². The van der Waals surface area contributed by atoms with E-state index >= 15 is 0 Å². The van der Waals surface area contributed by atoms with Gasteiger partial charge in [0.2, 0.25) is 0 Å². The molecule has 1 heterocycles. The Bertz CT molecular complexity index is 868. The van der Waals surface area contributed by atoms with Gasteiger partial charge in [0, 0.05) is 11.6 Å². The van der Waals surface area contributed by atoms with E-state index in [0.29, 0.717) is 42.8 Å². The van der Waals surface area contributed by atoms with Crippen LogP contribution in [0.1, 0.15) is 23.8 Å². The number of furan rings is 1. The van der Waals surface area contributed by atoms with Crippen LogP contribution in [0.2, 0.25) is 5.02 Å². The van der Waals surface area contributed by atoms with E-state index in [-0.39, 0.29) is 0 Å². The number of hydrogen-bond donors (Lipinski definition) is 1. The molecule has 0 saturated carbocycles. The van der Waals surface area contributed by atoms with Gasteiger partial charge >= 0.3 is 0 Å². The molecular formula is C21H21BrClNO3. The topological polar surface area (TPSA) is 43.6 Å². The summed E-state index contributed by atoms with van der Waals surface area (Å²) in [6, 6.07) is 15.5. The molecule has 27 heavy (non-hydrogen) atoms. The van der Waals surface area contributed by atoms with Crippen molar-refractivity contribution in [1.29, 1.82) is 0 Å². The second-order valence-electron chi connectivity index (χ2n) is 5.94. The van der Waals surface area contributed by atoms with Crippen LogP contribution in [0.5, 0.6) is 11.5 Å². The molecule has 0 aliphatic carbocycles. The van der Waals surface area contributed by atoms with Gasteiger partial charge in [-0.1, -0.05) is 23.7 Å². The first-order valence-corrected chi connectivity index (χ1v) is 9.88. The Morgan fingerprint density at radius 1 is 1.04 bits per heavy atom. The summed E-state index contributed by atoms with van der Waals surface area (Å²) in [7, 11) is 0. The van der Waals surface area contributed by atoms with Crippen molar-refractivity contribution in [3.63, 3.8) is 0 Å². The maximum Gasteiger partial charge on any atom is 0.175 e. The molecule has 0 radical (unpaired) electrons. The third kappa shape index (κ3) is 5.76. The summed E-state index contributed by atoms with van der Waals surface area (Å²) in [6.07, 6.45) is 1.67. The Morgan fingerprint density at radius 2 is 1.93 bits per heavy atom. The Morgan fingerprint density at radius 3 is 2.67 bits per heavy atom. The van der Waals surface area contributed by atoms with Crippen LogP contribution in [0.25, 0.3) is 0 Å². The molecule has 6 heteroatoms. The zero-order valence-electron chi connectivity index (χ0n) is 15.0. The lowest BCUT2D eigenvalue weighted by Gasteiger charge is -2.16. The predicted molar refractivity (Wildman–Crippen MR) is 110 cm³/mol. The smallest absolute Gasteiger partial charge is 0.175 e. The molecule has 0 saturated heterocycles. The molecule has 3 rings (SSSR count). The first-order valence-electron chi connectivity index (χ1n) is 8.71. The quantitative estimate of drug-likeness (QED) is 0.436. The fourth-order valence-electron chi connectivity index (χ4n) is 2.65. The third-order valence-electron chi connectivity index (χ3n) is 3.85. The van der Waals surface area contributed by atoms with Crippen LogP contribution in [0.3, 0.4) is 0 Å². The molecule has 0 aliphatic rings. The van der Waals surface area contributed by atoms with E-state index in [1.807, 2.05) is 55.5 Å².